The van der Waals surface area contributed by atoms with E-state index in [1.807, 2.05) is 49.4 Å². The molecule has 0 spiro atoms. The van der Waals surface area contributed by atoms with Crippen LogP contribution in [0.5, 0.6) is 11.5 Å². The van der Waals surface area contributed by atoms with E-state index in [2.05, 4.69) is 6.07 Å². The number of aryl methyl sites for hydroxylation is 1. The standard InChI is InChI=1S/C16H15NO2/c1-13-11-14(12-17)7-8-16(13)19-10-9-18-15-5-3-2-4-6-15/h2-8,11H,9-10H2,1H3. The summed E-state index contributed by atoms with van der Waals surface area (Å²) in [6.45, 7) is 2.89. The third kappa shape index (κ3) is 3.75. The number of benzene rings is 2. The number of rotatable bonds is 5. The van der Waals surface area contributed by atoms with Gasteiger partial charge in [-0.25, -0.2) is 0 Å². The molecule has 19 heavy (non-hydrogen) atoms. The minimum absolute atomic E-state index is 0.474. The molecule has 0 bridgehead atoms. The number of para-hydroxylation sites is 1. The third-order valence-corrected chi connectivity index (χ3v) is 2.66. The molecule has 0 aliphatic carbocycles. The van der Waals surface area contributed by atoms with Crippen molar-refractivity contribution in [2.24, 2.45) is 0 Å². The monoisotopic (exact) mass is 253 g/mol. The normalized spacial score (nSPS) is 9.68. The van der Waals surface area contributed by atoms with Crippen LogP contribution in [0.25, 0.3) is 0 Å². The van der Waals surface area contributed by atoms with Crippen LogP contribution in [0.4, 0.5) is 0 Å². The number of ether oxygens (including phenoxy) is 2. The van der Waals surface area contributed by atoms with Gasteiger partial charge in [0.15, 0.2) is 0 Å². The molecule has 0 radical (unpaired) electrons. The zero-order valence-corrected chi connectivity index (χ0v) is 10.8. The molecule has 0 heterocycles. The fraction of sp³-hybridized carbons (Fsp3) is 0.188. The highest BCUT2D eigenvalue weighted by Gasteiger charge is 2.01. The van der Waals surface area contributed by atoms with E-state index in [0.717, 1.165) is 17.1 Å². The van der Waals surface area contributed by atoms with Crippen molar-refractivity contribution in [1.82, 2.24) is 0 Å². The molecular formula is C16H15NO2. The molecule has 2 aromatic carbocycles. The molecule has 0 saturated heterocycles. The molecule has 2 rings (SSSR count). The molecule has 2 aromatic rings. The fourth-order valence-corrected chi connectivity index (χ4v) is 1.71. The second kappa shape index (κ2) is 6.46. The molecule has 3 heteroatoms. The van der Waals surface area contributed by atoms with Crippen molar-refractivity contribution in [3.8, 4) is 17.6 Å². The Balaban J connectivity index is 1.82. The van der Waals surface area contributed by atoms with Crippen LogP contribution in [-0.4, -0.2) is 13.2 Å². The Morgan fingerprint density at radius 1 is 1.00 bits per heavy atom. The summed E-state index contributed by atoms with van der Waals surface area (Å²) in [6, 6.07) is 17.1. The smallest absolute Gasteiger partial charge is 0.122 e. The Kier molecular flexibility index (Phi) is 4.41. The Morgan fingerprint density at radius 2 is 1.74 bits per heavy atom. The van der Waals surface area contributed by atoms with E-state index in [-0.39, 0.29) is 0 Å². The maximum Gasteiger partial charge on any atom is 0.122 e. The largest absolute Gasteiger partial charge is 0.490 e. The zero-order chi connectivity index (χ0) is 13.5. The molecule has 0 aliphatic heterocycles. The lowest BCUT2D eigenvalue weighted by Crippen LogP contribution is -2.09. The van der Waals surface area contributed by atoms with Gasteiger partial charge in [-0.2, -0.15) is 5.26 Å². The van der Waals surface area contributed by atoms with Crippen LogP contribution in [0.2, 0.25) is 0 Å². The number of hydrogen-bond donors (Lipinski definition) is 0. The lowest BCUT2D eigenvalue weighted by Gasteiger charge is -2.10. The predicted molar refractivity (Wildman–Crippen MR) is 73.3 cm³/mol. The van der Waals surface area contributed by atoms with Gasteiger partial charge in [0.25, 0.3) is 0 Å². The molecule has 0 fully saturated rings. The first-order valence-corrected chi connectivity index (χ1v) is 6.11. The molecule has 0 N–H and O–H groups in total. The SMILES string of the molecule is Cc1cc(C#N)ccc1OCCOc1ccccc1. The van der Waals surface area contributed by atoms with Gasteiger partial charge in [-0.05, 0) is 42.8 Å². The number of nitriles is 1. The summed E-state index contributed by atoms with van der Waals surface area (Å²) in [6.07, 6.45) is 0. The molecule has 0 aliphatic rings. The fourth-order valence-electron chi connectivity index (χ4n) is 1.71. The molecule has 96 valence electrons. The average molecular weight is 253 g/mol. The van der Waals surface area contributed by atoms with Crippen molar-refractivity contribution in [3.63, 3.8) is 0 Å². The van der Waals surface area contributed by atoms with Gasteiger partial charge in [0, 0.05) is 0 Å². The summed E-state index contributed by atoms with van der Waals surface area (Å²) in [5.74, 6) is 1.62. The topological polar surface area (TPSA) is 42.2 Å². The second-order valence-corrected chi connectivity index (χ2v) is 4.10. The summed E-state index contributed by atoms with van der Waals surface area (Å²) in [4.78, 5) is 0. The van der Waals surface area contributed by atoms with Gasteiger partial charge in [-0.15, -0.1) is 0 Å². The van der Waals surface area contributed by atoms with Gasteiger partial charge in [-0.3, -0.25) is 0 Å². The van der Waals surface area contributed by atoms with E-state index < -0.39 is 0 Å². The first-order chi connectivity index (χ1) is 9.29. The molecule has 0 amide bonds. The Morgan fingerprint density at radius 3 is 2.42 bits per heavy atom. The Labute approximate surface area is 113 Å². The van der Waals surface area contributed by atoms with Crippen molar-refractivity contribution in [2.45, 2.75) is 6.92 Å². The van der Waals surface area contributed by atoms with Gasteiger partial charge in [-0.1, -0.05) is 18.2 Å². The highest BCUT2D eigenvalue weighted by atomic mass is 16.5. The van der Waals surface area contributed by atoms with Crippen LogP contribution in [0.15, 0.2) is 48.5 Å². The maximum atomic E-state index is 8.78. The van der Waals surface area contributed by atoms with E-state index >= 15 is 0 Å². The predicted octanol–water partition coefficient (Wildman–Crippen LogP) is 3.32. The first-order valence-electron chi connectivity index (χ1n) is 6.11. The minimum atomic E-state index is 0.474. The minimum Gasteiger partial charge on any atom is -0.490 e. The number of nitrogens with zero attached hydrogens (tertiary/aromatic N) is 1. The van der Waals surface area contributed by atoms with Crippen LogP contribution in [0, 0.1) is 18.3 Å². The van der Waals surface area contributed by atoms with Crippen molar-refractivity contribution in [1.29, 1.82) is 5.26 Å². The number of hydrogen-bond acceptors (Lipinski definition) is 3. The molecule has 0 aromatic heterocycles. The van der Waals surface area contributed by atoms with E-state index in [4.69, 9.17) is 14.7 Å². The van der Waals surface area contributed by atoms with E-state index in [9.17, 15) is 0 Å². The lowest BCUT2D eigenvalue weighted by atomic mass is 10.1. The van der Waals surface area contributed by atoms with E-state index in [1.165, 1.54) is 0 Å². The van der Waals surface area contributed by atoms with Gasteiger partial charge < -0.3 is 9.47 Å². The first kappa shape index (κ1) is 13.0. The third-order valence-electron chi connectivity index (χ3n) is 2.66. The molecule has 0 saturated carbocycles. The molecule has 3 nitrogen and oxygen atoms in total. The van der Waals surface area contributed by atoms with Crippen LogP contribution in [-0.2, 0) is 0 Å². The lowest BCUT2D eigenvalue weighted by molar-refractivity contribution is 0.216. The zero-order valence-electron chi connectivity index (χ0n) is 10.8. The average Bonchev–Trinajstić information content (AvgIpc) is 2.46. The van der Waals surface area contributed by atoms with E-state index in [1.54, 1.807) is 6.07 Å². The summed E-state index contributed by atoms with van der Waals surface area (Å²) in [5.41, 5.74) is 1.60. The van der Waals surface area contributed by atoms with Gasteiger partial charge >= 0.3 is 0 Å². The van der Waals surface area contributed by atoms with Crippen LogP contribution >= 0.6 is 0 Å². The summed E-state index contributed by atoms with van der Waals surface area (Å²) < 4.78 is 11.2. The highest BCUT2D eigenvalue weighted by Crippen LogP contribution is 2.18. The van der Waals surface area contributed by atoms with Crippen LogP contribution in [0.1, 0.15) is 11.1 Å². The van der Waals surface area contributed by atoms with Crippen molar-refractivity contribution in [3.05, 3.63) is 59.7 Å². The quantitative estimate of drug-likeness (QED) is 0.767. The van der Waals surface area contributed by atoms with Gasteiger partial charge in [0.05, 0.1) is 11.6 Å². The van der Waals surface area contributed by atoms with Crippen molar-refractivity contribution in [2.75, 3.05) is 13.2 Å². The molecule has 0 atom stereocenters. The molecular weight excluding hydrogens is 238 g/mol. The van der Waals surface area contributed by atoms with Gasteiger partial charge in [0.1, 0.15) is 24.7 Å². The summed E-state index contributed by atoms with van der Waals surface area (Å²) in [7, 11) is 0. The van der Waals surface area contributed by atoms with Gasteiger partial charge in [0.2, 0.25) is 0 Å². The van der Waals surface area contributed by atoms with Crippen molar-refractivity contribution < 1.29 is 9.47 Å². The Bertz CT molecular complexity index is 573. The summed E-state index contributed by atoms with van der Waals surface area (Å²) in [5, 5.41) is 8.78. The van der Waals surface area contributed by atoms with Crippen molar-refractivity contribution >= 4 is 0 Å². The highest BCUT2D eigenvalue weighted by molar-refractivity contribution is 5.41. The van der Waals surface area contributed by atoms with E-state index in [0.29, 0.717) is 18.8 Å². The van der Waals surface area contributed by atoms with Crippen LogP contribution in [0.3, 0.4) is 0 Å². The Hall–Kier alpha value is -2.47. The molecule has 0 unspecified atom stereocenters. The second-order valence-electron chi connectivity index (χ2n) is 4.10. The summed E-state index contributed by atoms with van der Waals surface area (Å²) >= 11 is 0. The van der Waals surface area contributed by atoms with Crippen LogP contribution < -0.4 is 9.47 Å². The maximum absolute atomic E-state index is 8.78.